The number of nitrogens with zero attached hydrogens (tertiary/aromatic N) is 3. The van der Waals surface area contributed by atoms with Crippen LogP contribution in [0.1, 0.15) is 31.0 Å². The third-order valence-electron chi connectivity index (χ3n) is 6.04. The molecule has 0 fully saturated rings. The molecule has 0 bridgehead atoms. The quantitative estimate of drug-likeness (QED) is 0.260. The predicted octanol–water partition coefficient (Wildman–Crippen LogP) is 5.48. The van der Waals surface area contributed by atoms with E-state index in [0.717, 1.165) is 44.9 Å². The van der Waals surface area contributed by atoms with Gasteiger partial charge in [-0.2, -0.15) is 9.97 Å². The number of hydrogen-bond donors (Lipinski definition) is 2. The molecule has 1 atom stereocenters. The molecule has 2 aromatic heterocycles. The molecule has 36 heavy (non-hydrogen) atoms. The van der Waals surface area contributed by atoms with Crippen LogP contribution in [0.25, 0.3) is 20.8 Å². The monoisotopic (exact) mass is 508 g/mol. The molecule has 0 amide bonds. The van der Waals surface area contributed by atoms with Crippen LogP contribution in [0.2, 0.25) is 0 Å². The van der Waals surface area contributed by atoms with E-state index in [0.29, 0.717) is 23.9 Å². The highest BCUT2D eigenvalue weighted by Crippen LogP contribution is 2.36. The van der Waals surface area contributed by atoms with Crippen molar-refractivity contribution >= 4 is 27.4 Å². The highest BCUT2D eigenvalue weighted by atomic mass is 32.1. The number of aliphatic hydroxyl groups is 1. The van der Waals surface area contributed by atoms with E-state index in [-0.39, 0.29) is 25.1 Å². The zero-order valence-electron chi connectivity index (χ0n) is 21.1. The standard InChI is InChI=1S/C27H32N4O4S/c1-5-18(15-32)10-11-28-25-24(26-30-22-8-6-7-9-23(22)36-26)17(2)29-27(31-25)35-16-19-12-20(33-3)14-21(13-19)34-4/h6-9,12-14,18,32H,5,10-11,15-16H2,1-4H3,(H,28,29,31). The summed E-state index contributed by atoms with van der Waals surface area (Å²) in [5.74, 6) is 2.29. The molecular formula is C27H32N4O4S. The Balaban J connectivity index is 1.63. The Morgan fingerprint density at radius 3 is 2.44 bits per heavy atom. The Morgan fingerprint density at radius 1 is 1.03 bits per heavy atom. The third kappa shape index (κ3) is 6.03. The van der Waals surface area contributed by atoms with E-state index in [9.17, 15) is 5.11 Å². The summed E-state index contributed by atoms with van der Waals surface area (Å²) >= 11 is 1.61. The van der Waals surface area contributed by atoms with Gasteiger partial charge in [0.05, 0.1) is 35.7 Å². The van der Waals surface area contributed by atoms with E-state index in [1.54, 1.807) is 25.6 Å². The summed E-state index contributed by atoms with van der Waals surface area (Å²) in [6.45, 7) is 5.12. The second-order valence-corrected chi connectivity index (χ2v) is 9.51. The fourth-order valence-corrected chi connectivity index (χ4v) is 4.96. The predicted molar refractivity (Wildman–Crippen MR) is 143 cm³/mol. The van der Waals surface area contributed by atoms with Crippen LogP contribution in [-0.4, -0.2) is 47.4 Å². The topological polar surface area (TPSA) is 98.6 Å². The summed E-state index contributed by atoms with van der Waals surface area (Å²) in [4.78, 5) is 14.2. The lowest BCUT2D eigenvalue weighted by atomic mass is 10.0. The van der Waals surface area contributed by atoms with Gasteiger partial charge in [0.25, 0.3) is 0 Å². The molecule has 0 radical (unpaired) electrons. The smallest absolute Gasteiger partial charge is 0.318 e. The minimum absolute atomic E-state index is 0.171. The van der Waals surface area contributed by atoms with E-state index in [1.165, 1.54) is 0 Å². The summed E-state index contributed by atoms with van der Waals surface area (Å²) < 4.78 is 17.8. The molecule has 4 rings (SSSR count). The second kappa shape index (κ2) is 12.0. The van der Waals surface area contributed by atoms with Gasteiger partial charge in [-0.15, -0.1) is 11.3 Å². The number of thiazole rings is 1. The van der Waals surface area contributed by atoms with Gasteiger partial charge >= 0.3 is 6.01 Å². The molecule has 0 aliphatic carbocycles. The molecule has 0 aliphatic heterocycles. The fraction of sp³-hybridized carbons (Fsp3) is 0.370. The number of aryl methyl sites for hydroxylation is 1. The van der Waals surface area contributed by atoms with E-state index in [2.05, 4.69) is 23.3 Å². The van der Waals surface area contributed by atoms with Gasteiger partial charge in [0, 0.05) is 19.2 Å². The van der Waals surface area contributed by atoms with E-state index in [1.807, 2.05) is 43.3 Å². The molecule has 9 heteroatoms. The number of rotatable bonds is 12. The van der Waals surface area contributed by atoms with Gasteiger partial charge in [-0.3, -0.25) is 0 Å². The summed E-state index contributed by atoms with van der Waals surface area (Å²) in [6.07, 6.45) is 1.75. The fourth-order valence-electron chi connectivity index (χ4n) is 3.89. The maximum absolute atomic E-state index is 9.58. The maximum atomic E-state index is 9.58. The van der Waals surface area contributed by atoms with Crippen LogP contribution in [0.15, 0.2) is 42.5 Å². The largest absolute Gasteiger partial charge is 0.497 e. The van der Waals surface area contributed by atoms with E-state index < -0.39 is 0 Å². The number of benzene rings is 2. The Labute approximate surface area is 215 Å². The number of fused-ring (bicyclic) bond motifs is 1. The molecule has 0 saturated carbocycles. The van der Waals surface area contributed by atoms with Crippen molar-refractivity contribution in [2.45, 2.75) is 33.3 Å². The summed E-state index contributed by atoms with van der Waals surface area (Å²) in [6, 6.07) is 13.9. The zero-order chi connectivity index (χ0) is 25.5. The van der Waals surface area contributed by atoms with Crippen LogP contribution in [0.4, 0.5) is 5.82 Å². The Bertz CT molecular complexity index is 1250. The first kappa shape index (κ1) is 25.7. The second-order valence-electron chi connectivity index (χ2n) is 8.48. The van der Waals surface area contributed by atoms with Crippen LogP contribution in [0, 0.1) is 12.8 Å². The third-order valence-corrected chi connectivity index (χ3v) is 7.09. The number of hydrogen-bond acceptors (Lipinski definition) is 9. The van der Waals surface area contributed by atoms with Crippen molar-refractivity contribution in [2.75, 3.05) is 32.7 Å². The highest BCUT2D eigenvalue weighted by Gasteiger charge is 2.19. The zero-order valence-corrected chi connectivity index (χ0v) is 21.9. The molecule has 0 spiro atoms. The molecule has 2 N–H and O–H groups in total. The van der Waals surface area contributed by atoms with Crippen molar-refractivity contribution in [3.05, 3.63) is 53.7 Å². The van der Waals surface area contributed by atoms with Crippen LogP contribution < -0.4 is 19.5 Å². The number of ether oxygens (including phenoxy) is 3. The van der Waals surface area contributed by atoms with Gasteiger partial charge in [0.15, 0.2) is 0 Å². The average molecular weight is 509 g/mol. The van der Waals surface area contributed by atoms with Gasteiger partial charge in [-0.1, -0.05) is 25.5 Å². The minimum atomic E-state index is 0.171. The lowest BCUT2D eigenvalue weighted by Crippen LogP contribution is -2.14. The molecular weight excluding hydrogens is 476 g/mol. The SMILES string of the molecule is CCC(CO)CCNc1nc(OCc2cc(OC)cc(OC)c2)nc(C)c1-c1nc2ccccc2s1. The van der Waals surface area contributed by atoms with Gasteiger partial charge in [-0.05, 0) is 49.1 Å². The average Bonchev–Trinajstić information content (AvgIpc) is 3.33. The Morgan fingerprint density at radius 2 is 1.78 bits per heavy atom. The van der Waals surface area contributed by atoms with Crippen molar-refractivity contribution in [2.24, 2.45) is 5.92 Å². The van der Waals surface area contributed by atoms with E-state index in [4.69, 9.17) is 24.2 Å². The van der Waals surface area contributed by atoms with Crippen LogP contribution in [0.5, 0.6) is 17.5 Å². The number of nitrogens with one attached hydrogen (secondary N) is 1. The molecule has 2 aromatic carbocycles. The molecule has 8 nitrogen and oxygen atoms in total. The van der Waals surface area contributed by atoms with Gasteiger partial charge in [-0.25, -0.2) is 4.98 Å². The first-order valence-corrected chi connectivity index (χ1v) is 12.8. The van der Waals surface area contributed by atoms with Crippen LogP contribution in [-0.2, 0) is 6.61 Å². The molecule has 190 valence electrons. The minimum Gasteiger partial charge on any atom is -0.497 e. The van der Waals surface area contributed by atoms with Crippen molar-refractivity contribution in [3.63, 3.8) is 0 Å². The highest BCUT2D eigenvalue weighted by molar-refractivity contribution is 7.21. The van der Waals surface area contributed by atoms with Crippen molar-refractivity contribution in [1.82, 2.24) is 15.0 Å². The van der Waals surface area contributed by atoms with Crippen molar-refractivity contribution in [1.29, 1.82) is 0 Å². The number of para-hydroxylation sites is 1. The summed E-state index contributed by atoms with van der Waals surface area (Å²) in [5.41, 5.74) is 3.47. The molecule has 4 aromatic rings. The lowest BCUT2D eigenvalue weighted by molar-refractivity contribution is 0.217. The van der Waals surface area contributed by atoms with Gasteiger partial charge in [0.1, 0.15) is 28.9 Å². The molecule has 0 saturated heterocycles. The van der Waals surface area contributed by atoms with Crippen molar-refractivity contribution in [3.8, 4) is 28.1 Å². The lowest BCUT2D eigenvalue weighted by Gasteiger charge is -2.16. The number of anilines is 1. The first-order chi connectivity index (χ1) is 17.5. The Kier molecular flexibility index (Phi) is 8.56. The van der Waals surface area contributed by atoms with Crippen molar-refractivity contribution < 1.29 is 19.3 Å². The van der Waals surface area contributed by atoms with E-state index >= 15 is 0 Å². The Hall–Kier alpha value is -3.43. The summed E-state index contributed by atoms with van der Waals surface area (Å²) in [7, 11) is 3.23. The number of methoxy groups -OCH3 is 2. The van der Waals surface area contributed by atoms with Crippen LogP contribution in [0.3, 0.4) is 0 Å². The number of aliphatic hydroxyl groups excluding tert-OH is 1. The number of aromatic nitrogens is 3. The molecule has 0 aliphatic rings. The van der Waals surface area contributed by atoms with Crippen LogP contribution >= 0.6 is 11.3 Å². The normalized spacial score (nSPS) is 11.9. The molecule has 2 heterocycles. The van der Waals surface area contributed by atoms with Gasteiger partial charge < -0.3 is 24.6 Å². The maximum Gasteiger partial charge on any atom is 0.318 e. The summed E-state index contributed by atoms with van der Waals surface area (Å²) in [5, 5.41) is 13.9. The molecule has 1 unspecified atom stereocenters. The first-order valence-electron chi connectivity index (χ1n) is 12.0. The van der Waals surface area contributed by atoms with Gasteiger partial charge in [0.2, 0.25) is 0 Å².